The predicted octanol–water partition coefficient (Wildman–Crippen LogP) is 1.51. The van der Waals surface area contributed by atoms with Gasteiger partial charge in [-0.25, -0.2) is 15.0 Å². The van der Waals surface area contributed by atoms with Crippen LogP contribution in [0.3, 0.4) is 0 Å². The van der Waals surface area contributed by atoms with Crippen molar-refractivity contribution >= 4 is 23.8 Å². The Labute approximate surface area is 152 Å². The highest BCUT2D eigenvalue weighted by molar-refractivity contribution is 6.29. The first-order valence-electron chi connectivity index (χ1n) is 8.25. The molecule has 2 aliphatic heterocycles. The fourth-order valence-corrected chi connectivity index (χ4v) is 3.73. The average Bonchev–Trinajstić information content (AvgIpc) is 3.06. The van der Waals surface area contributed by atoms with Crippen molar-refractivity contribution in [2.75, 3.05) is 10.1 Å². The van der Waals surface area contributed by atoms with E-state index in [1.807, 2.05) is 33.8 Å². The lowest BCUT2D eigenvalue weighted by atomic mass is 10.1. The molecule has 1 unspecified atom stereocenters. The number of aliphatic imine (C=N–C) groups is 1. The van der Waals surface area contributed by atoms with E-state index < -0.39 is 5.60 Å². The van der Waals surface area contributed by atoms with Gasteiger partial charge in [-0.3, -0.25) is 4.57 Å². The van der Waals surface area contributed by atoms with Gasteiger partial charge in [-0.05, 0) is 35.7 Å². The van der Waals surface area contributed by atoms with Crippen molar-refractivity contribution in [3.63, 3.8) is 0 Å². The summed E-state index contributed by atoms with van der Waals surface area (Å²) >= 11 is 6.34. The Morgan fingerprint density at radius 2 is 2.08 bits per heavy atom. The molecule has 1 atom stereocenters. The second kappa shape index (κ2) is 4.63. The number of aliphatic hydroxyl groups is 1. The third kappa shape index (κ3) is 1.73. The first-order valence-corrected chi connectivity index (χ1v) is 8.63. The van der Waals surface area contributed by atoms with Gasteiger partial charge in [0.25, 0.3) is 0 Å². The number of benzene rings is 1. The molecule has 130 valence electrons. The molecule has 3 aliphatic rings. The van der Waals surface area contributed by atoms with Gasteiger partial charge in [0.05, 0.1) is 18.1 Å². The average molecular weight is 369 g/mol. The number of anilines is 1. The molecule has 0 saturated heterocycles. The van der Waals surface area contributed by atoms with E-state index in [2.05, 4.69) is 20.3 Å². The van der Waals surface area contributed by atoms with Gasteiger partial charge in [0.2, 0.25) is 5.28 Å². The minimum atomic E-state index is -0.839. The molecule has 26 heavy (non-hydrogen) atoms. The number of hydrogen-bond donors (Lipinski definition) is 1. The smallest absolute Gasteiger partial charge is 0.209 e. The molecule has 4 heterocycles. The molecule has 1 aliphatic carbocycles. The molecule has 2 aromatic heterocycles. The van der Waals surface area contributed by atoms with Gasteiger partial charge in [-0.2, -0.15) is 5.12 Å². The van der Waals surface area contributed by atoms with Gasteiger partial charge in [-0.15, -0.1) is 9.89 Å². The molecule has 0 radical (unpaired) electrons. The number of nitrogens with zero attached hydrogens (tertiary/aromatic N) is 8. The van der Waals surface area contributed by atoms with Crippen molar-refractivity contribution in [1.29, 1.82) is 0 Å². The number of halogens is 1. The summed E-state index contributed by atoms with van der Waals surface area (Å²) in [5.41, 5.74) is 1.70. The lowest BCUT2D eigenvalue weighted by Gasteiger charge is -2.36. The summed E-state index contributed by atoms with van der Waals surface area (Å²) in [6.07, 6.45) is 6.30. The van der Waals surface area contributed by atoms with Crippen LogP contribution in [0, 0.1) is 0 Å². The van der Waals surface area contributed by atoms with Crippen LogP contribution in [-0.4, -0.2) is 36.1 Å². The van der Waals surface area contributed by atoms with Crippen LogP contribution in [0.4, 0.5) is 5.82 Å². The van der Waals surface area contributed by atoms with Crippen molar-refractivity contribution in [2.45, 2.75) is 24.6 Å². The van der Waals surface area contributed by atoms with Crippen LogP contribution >= 0.6 is 11.6 Å². The van der Waals surface area contributed by atoms with E-state index in [9.17, 15) is 5.11 Å². The summed E-state index contributed by atoms with van der Waals surface area (Å²) in [6.45, 7) is 0. The minimum Gasteiger partial charge on any atom is -0.383 e. The van der Waals surface area contributed by atoms with Gasteiger partial charge in [-0.1, -0.05) is 18.2 Å². The fraction of sp³-hybridized carbons (Fsp3) is 0.250. The zero-order valence-corrected chi connectivity index (χ0v) is 14.2. The van der Waals surface area contributed by atoms with Gasteiger partial charge in [0.15, 0.2) is 12.0 Å². The second-order valence-corrected chi connectivity index (χ2v) is 6.98. The highest BCUT2D eigenvalue weighted by Gasteiger charge is 2.46. The molecule has 0 bridgehead atoms. The maximum absolute atomic E-state index is 10.3. The highest BCUT2D eigenvalue weighted by atomic mass is 35.5. The Bertz CT molecular complexity index is 1070. The standard InChI is InChI=1S/C16H13ClN8O/c17-15-18-7-13-24(15)11-4-2-1-3-10(11)14-19-9-23(25(13)14)22-8-12(20-21-22)16(26)5-6-16/h1-4,7-9,14,26H,5-6H2. The van der Waals surface area contributed by atoms with Crippen molar-refractivity contribution < 1.29 is 5.11 Å². The third-order valence-electron chi connectivity index (χ3n) is 5.05. The summed E-state index contributed by atoms with van der Waals surface area (Å²) in [5, 5.41) is 22.6. The SMILES string of the molecule is OC1(c2cn(N3C=NC4c5ccccc5-n5c(cnc5Cl)N43)nn2)CC1. The van der Waals surface area contributed by atoms with Crippen molar-refractivity contribution in [1.82, 2.24) is 24.7 Å². The van der Waals surface area contributed by atoms with Crippen LogP contribution in [0.15, 0.2) is 41.7 Å². The third-order valence-corrected chi connectivity index (χ3v) is 5.31. The molecule has 3 aromatic rings. The summed E-state index contributed by atoms with van der Waals surface area (Å²) in [5.74, 6) is 0.776. The van der Waals surface area contributed by atoms with Crippen LogP contribution < -0.4 is 10.1 Å². The fourth-order valence-electron chi connectivity index (χ4n) is 3.51. The van der Waals surface area contributed by atoms with E-state index in [4.69, 9.17) is 11.6 Å². The molecular weight excluding hydrogens is 356 g/mol. The van der Waals surface area contributed by atoms with E-state index in [0.29, 0.717) is 23.8 Å². The number of imidazole rings is 1. The summed E-state index contributed by atoms with van der Waals surface area (Å²) in [7, 11) is 0. The number of aromatic nitrogens is 5. The Morgan fingerprint density at radius 3 is 2.92 bits per heavy atom. The highest BCUT2D eigenvalue weighted by Crippen LogP contribution is 2.45. The summed E-state index contributed by atoms with van der Waals surface area (Å²) in [6, 6.07) is 7.96. The van der Waals surface area contributed by atoms with Crippen LogP contribution in [0.25, 0.3) is 5.69 Å². The Hall–Kier alpha value is -2.91. The lowest BCUT2D eigenvalue weighted by molar-refractivity contribution is 0.146. The maximum atomic E-state index is 10.3. The van der Waals surface area contributed by atoms with Gasteiger partial charge in [0, 0.05) is 5.56 Å². The van der Waals surface area contributed by atoms with E-state index >= 15 is 0 Å². The molecule has 0 amide bonds. The first kappa shape index (κ1) is 14.3. The lowest BCUT2D eigenvalue weighted by Crippen LogP contribution is -2.49. The second-order valence-electron chi connectivity index (χ2n) is 6.64. The predicted molar refractivity (Wildman–Crippen MR) is 93.7 cm³/mol. The molecule has 1 N–H and O–H groups in total. The largest absolute Gasteiger partial charge is 0.383 e. The van der Waals surface area contributed by atoms with Crippen LogP contribution in [0.2, 0.25) is 5.28 Å². The van der Waals surface area contributed by atoms with E-state index in [0.717, 1.165) is 17.1 Å². The Kier molecular flexibility index (Phi) is 2.54. The molecule has 1 fully saturated rings. The first-order chi connectivity index (χ1) is 12.7. The molecule has 9 nitrogen and oxygen atoms in total. The minimum absolute atomic E-state index is 0.247. The van der Waals surface area contributed by atoms with E-state index in [1.54, 1.807) is 28.6 Å². The monoisotopic (exact) mass is 368 g/mol. The van der Waals surface area contributed by atoms with E-state index in [1.165, 1.54) is 0 Å². The van der Waals surface area contributed by atoms with Crippen molar-refractivity contribution in [3.8, 4) is 5.69 Å². The van der Waals surface area contributed by atoms with Gasteiger partial charge in [0.1, 0.15) is 17.6 Å². The zero-order valence-electron chi connectivity index (χ0n) is 13.4. The maximum Gasteiger partial charge on any atom is 0.209 e. The summed E-state index contributed by atoms with van der Waals surface area (Å²) in [4.78, 5) is 10.5. The van der Waals surface area contributed by atoms with Crippen molar-refractivity contribution in [3.05, 3.63) is 53.2 Å². The van der Waals surface area contributed by atoms with Crippen LogP contribution in [-0.2, 0) is 5.60 Å². The number of para-hydroxylation sites is 1. The molecule has 1 saturated carbocycles. The molecule has 1 aromatic carbocycles. The zero-order chi connectivity index (χ0) is 17.5. The number of hydrogen-bond acceptors (Lipinski definition) is 7. The van der Waals surface area contributed by atoms with Gasteiger partial charge >= 0.3 is 0 Å². The Morgan fingerprint density at radius 1 is 1.23 bits per heavy atom. The topological polar surface area (TPSA) is 87.6 Å². The molecule has 10 heteroatoms. The normalized spacial score (nSPS) is 21.5. The number of rotatable bonds is 2. The quantitative estimate of drug-likeness (QED) is 0.737. The van der Waals surface area contributed by atoms with Crippen LogP contribution in [0.1, 0.15) is 30.3 Å². The molecular formula is C16H13ClN8O. The van der Waals surface area contributed by atoms with E-state index in [-0.39, 0.29) is 6.17 Å². The van der Waals surface area contributed by atoms with Crippen molar-refractivity contribution in [2.24, 2.45) is 4.99 Å². The molecule has 6 rings (SSSR count). The van der Waals surface area contributed by atoms with Crippen LogP contribution in [0.5, 0.6) is 0 Å². The summed E-state index contributed by atoms with van der Waals surface area (Å²) < 4.78 is 1.88. The number of hydrazine groups is 1. The Balaban J connectivity index is 1.49. The van der Waals surface area contributed by atoms with Gasteiger partial charge < -0.3 is 5.11 Å². The molecule has 0 spiro atoms. The number of fused-ring (bicyclic) bond motifs is 6.